The molecule has 0 aromatic heterocycles. The Hall–Kier alpha value is -1.59. The maximum absolute atomic E-state index is 12.1. The molecule has 0 radical (unpaired) electrons. The molecule has 0 aliphatic carbocycles. The van der Waals surface area contributed by atoms with Gasteiger partial charge in [0.15, 0.2) is 0 Å². The van der Waals surface area contributed by atoms with Gasteiger partial charge in [-0.3, -0.25) is 9.69 Å². The van der Waals surface area contributed by atoms with Crippen molar-refractivity contribution < 1.29 is 14.3 Å². The average molecular weight is 278 g/mol. The van der Waals surface area contributed by atoms with Crippen LogP contribution in [0.1, 0.15) is 12.5 Å². The largest absolute Gasteiger partial charge is 0.495 e. The summed E-state index contributed by atoms with van der Waals surface area (Å²) in [4.78, 5) is 14.2. The molecule has 5 heteroatoms. The highest BCUT2D eigenvalue weighted by Gasteiger charge is 2.19. The molecule has 110 valence electrons. The molecular weight excluding hydrogens is 256 g/mol. The molecule has 1 aliphatic rings. The second-order valence-corrected chi connectivity index (χ2v) is 5.17. The van der Waals surface area contributed by atoms with Gasteiger partial charge in [-0.2, -0.15) is 0 Å². The van der Waals surface area contributed by atoms with Gasteiger partial charge in [0.2, 0.25) is 5.91 Å². The van der Waals surface area contributed by atoms with Crippen LogP contribution in [0.4, 0.5) is 5.69 Å². The SMILES string of the molecule is COc1ccc(C)cc1NC(=O)CN1CCO[C@H](C)C1. The lowest BCUT2D eigenvalue weighted by molar-refractivity contribution is -0.119. The molecule has 0 spiro atoms. The summed E-state index contributed by atoms with van der Waals surface area (Å²) in [6, 6.07) is 5.73. The molecule has 2 rings (SSSR count). The second-order valence-electron chi connectivity index (χ2n) is 5.17. The highest BCUT2D eigenvalue weighted by Crippen LogP contribution is 2.25. The number of carbonyl (C=O) groups is 1. The number of anilines is 1. The summed E-state index contributed by atoms with van der Waals surface area (Å²) in [5.41, 5.74) is 1.81. The van der Waals surface area contributed by atoms with Crippen molar-refractivity contribution in [1.82, 2.24) is 4.90 Å². The van der Waals surface area contributed by atoms with Gasteiger partial charge in [0, 0.05) is 13.1 Å². The summed E-state index contributed by atoms with van der Waals surface area (Å²) in [5.74, 6) is 0.655. The first-order valence-electron chi connectivity index (χ1n) is 6.87. The highest BCUT2D eigenvalue weighted by molar-refractivity contribution is 5.93. The van der Waals surface area contributed by atoms with Gasteiger partial charge in [-0.15, -0.1) is 0 Å². The lowest BCUT2D eigenvalue weighted by Crippen LogP contribution is -2.44. The van der Waals surface area contributed by atoms with E-state index >= 15 is 0 Å². The molecule has 1 aliphatic heterocycles. The minimum absolute atomic E-state index is 0.0250. The molecule has 1 atom stereocenters. The Kier molecular flexibility index (Phi) is 4.98. The van der Waals surface area contributed by atoms with E-state index in [9.17, 15) is 4.79 Å². The molecule has 20 heavy (non-hydrogen) atoms. The van der Waals surface area contributed by atoms with Crippen molar-refractivity contribution >= 4 is 11.6 Å². The van der Waals surface area contributed by atoms with E-state index in [0.717, 1.165) is 24.3 Å². The van der Waals surface area contributed by atoms with E-state index in [1.54, 1.807) is 7.11 Å². The van der Waals surface area contributed by atoms with Gasteiger partial charge >= 0.3 is 0 Å². The van der Waals surface area contributed by atoms with Crippen LogP contribution >= 0.6 is 0 Å². The van der Waals surface area contributed by atoms with Crippen LogP contribution in [-0.2, 0) is 9.53 Å². The van der Waals surface area contributed by atoms with Crippen LogP contribution in [0.15, 0.2) is 18.2 Å². The Morgan fingerprint density at radius 3 is 3.05 bits per heavy atom. The topological polar surface area (TPSA) is 50.8 Å². The van der Waals surface area contributed by atoms with Crippen LogP contribution in [0.3, 0.4) is 0 Å². The lowest BCUT2D eigenvalue weighted by Gasteiger charge is -2.30. The highest BCUT2D eigenvalue weighted by atomic mass is 16.5. The molecule has 0 unspecified atom stereocenters. The molecule has 0 bridgehead atoms. The zero-order valence-electron chi connectivity index (χ0n) is 12.3. The Morgan fingerprint density at radius 1 is 1.55 bits per heavy atom. The molecule has 1 aromatic rings. The average Bonchev–Trinajstić information content (AvgIpc) is 2.38. The van der Waals surface area contributed by atoms with Gasteiger partial charge in [0.1, 0.15) is 5.75 Å². The van der Waals surface area contributed by atoms with Crippen LogP contribution in [0.25, 0.3) is 0 Å². The Balaban J connectivity index is 1.95. The van der Waals surface area contributed by atoms with Crippen molar-refractivity contribution in [3.05, 3.63) is 23.8 Å². The maximum atomic E-state index is 12.1. The van der Waals surface area contributed by atoms with Gasteiger partial charge in [-0.25, -0.2) is 0 Å². The smallest absolute Gasteiger partial charge is 0.238 e. The first kappa shape index (κ1) is 14.8. The molecule has 1 aromatic carbocycles. The Bertz CT molecular complexity index is 476. The standard InChI is InChI=1S/C15H22N2O3/c1-11-4-5-14(19-3)13(8-11)16-15(18)10-17-6-7-20-12(2)9-17/h4-5,8,12H,6-7,9-10H2,1-3H3,(H,16,18)/t12-/m1/s1. The Morgan fingerprint density at radius 2 is 2.35 bits per heavy atom. The number of methoxy groups -OCH3 is 1. The number of benzene rings is 1. The number of hydrogen-bond acceptors (Lipinski definition) is 4. The summed E-state index contributed by atoms with van der Waals surface area (Å²) < 4.78 is 10.7. The molecule has 0 saturated carbocycles. The van der Waals surface area contributed by atoms with Crippen LogP contribution in [0.5, 0.6) is 5.75 Å². The van der Waals surface area contributed by atoms with Gasteiger partial charge in [0.05, 0.1) is 32.1 Å². The van der Waals surface area contributed by atoms with Crippen molar-refractivity contribution in [2.75, 3.05) is 38.7 Å². The number of carbonyl (C=O) groups excluding carboxylic acids is 1. The third kappa shape index (κ3) is 3.95. The minimum Gasteiger partial charge on any atom is -0.495 e. The second kappa shape index (κ2) is 6.72. The van der Waals surface area contributed by atoms with E-state index in [-0.39, 0.29) is 12.0 Å². The summed E-state index contributed by atoms with van der Waals surface area (Å²) >= 11 is 0. The number of ether oxygens (including phenoxy) is 2. The number of morpholine rings is 1. The zero-order chi connectivity index (χ0) is 14.5. The minimum atomic E-state index is -0.0250. The maximum Gasteiger partial charge on any atom is 0.238 e. The van der Waals surface area contributed by atoms with Crippen LogP contribution in [0, 0.1) is 6.92 Å². The number of nitrogens with one attached hydrogen (secondary N) is 1. The Labute approximate surface area is 119 Å². The zero-order valence-corrected chi connectivity index (χ0v) is 12.3. The van der Waals surface area contributed by atoms with E-state index in [0.29, 0.717) is 18.9 Å². The van der Waals surface area contributed by atoms with E-state index < -0.39 is 0 Å². The number of nitrogens with zero attached hydrogens (tertiary/aromatic N) is 1. The van der Waals surface area contributed by atoms with Crippen LogP contribution in [-0.4, -0.2) is 50.3 Å². The fourth-order valence-corrected chi connectivity index (χ4v) is 2.35. The number of amides is 1. The van der Waals surface area contributed by atoms with Gasteiger partial charge in [-0.05, 0) is 31.5 Å². The van der Waals surface area contributed by atoms with Crippen LogP contribution < -0.4 is 10.1 Å². The van der Waals surface area contributed by atoms with Gasteiger partial charge in [0.25, 0.3) is 0 Å². The van der Waals surface area contributed by atoms with E-state index in [4.69, 9.17) is 9.47 Å². The molecule has 5 nitrogen and oxygen atoms in total. The quantitative estimate of drug-likeness (QED) is 0.910. The fourth-order valence-electron chi connectivity index (χ4n) is 2.35. The van der Waals surface area contributed by atoms with Gasteiger partial charge in [-0.1, -0.05) is 6.07 Å². The molecule has 1 fully saturated rings. The molecule has 1 heterocycles. The first-order chi connectivity index (χ1) is 9.58. The van der Waals surface area contributed by atoms with Crippen LogP contribution in [0.2, 0.25) is 0 Å². The van der Waals surface area contributed by atoms with E-state index in [1.165, 1.54) is 0 Å². The predicted octanol–water partition coefficient (Wildman–Crippen LogP) is 1.66. The lowest BCUT2D eigenvalue weighted by atomic mass is 10.2. The summed E-state index contributed by atoms with van der Waals surface area (Å²) in [6.07, 6.45) is 0.185. The summed E-state index contributed by atoms with van der Waals surface area (Å²) in [5, 5.41) is 2.92. The monoisotopic (exact) mass is 278 g/mol. The van der Waals surface area contributed by atoms with Crippen molar-refractivity contribution in [2.45, 2.75) is 20.0 Å². The fraction of sp³-hybridized carbons (Fsp3) is 0.533. The van der Waals surface area contributed by atoms with Crippen molar-refractivity contribution in [2.24, 2.45) is 0 Å². The summed E-state index contributed by atoms with van der Waals surface area (Å²) in [7, 11) is 1.60. The number of rotatable bonds is 4. The third-order valence-electron chi connectivity index (χ3n) is 3.32. The van der Waals surface area contributed by atoms with E-state index in [1.807, 2.05) is 32.0 Å². The third-order valence-corrected chi connectivity index (χ3v) is 3.32. The van der Waals surface area contributed by atoms with Crippen molar-refractivity contribution in [3.63, 3.8) is 0 Å². The molecule has 1 saturated heterocycles. The van der Waals surface area contributed by atoms with Crippen molar-refractivity contribution in [3.8, 4) is 5.75 Å². The molecule has 1 N–H and O–H groups in total. The summed E-state index contributed by atoms with van der Waals surface area (Å²) in [6.45, 7) is 6.65. The normalized spacial score (nSPS) is 19.6. The predicted molar refractivity (Wildman–Crippen MR) is 78.2 cm³/mol. The van der Waals surface area contributed by atoms with Crippen molar-refractivity contribution in [1.29, 1.82) is 0 Å². The van der Waals surface area contributed by atoms with E-state index in [2.05, 4.69) is 10.2 Å². The molecular formula is C15H22N2O3. The molecule has 1 amide bonds. The number of hydrogen-bond donors (Lipinski definition) is 1. The number of aryl methyl sites for hydroxylation is 1. The first-order valence-corrected chi connectivity index (χ1v) is 6.87. The van der Waals surface area contributed by atoms with Gasteiger partial charge < -0.3 is 14.8 Å².